The Bertz CT molecular complexity index is 717. The molecule has 0 aromatic carbocycles. The van der Waals surface area contributed by atoms with Crippen LogP contribution < -0.4 is 0 Å². The standard InChI is InChI=1S/C19H21F7O4/c1-2-13(27)29-15-4-11-3-12(5-15)7-16(6-11,8-15)30-14(28)18(22,23)9-17(20,21)10-19(24,25)26/h2,11-12H,1,3-10H2. The lowest BCUT2D eigenvalue weighted by molar-refractivity contribution is -0.248. The van der Waals surface area contributed by atoms with Gasteiger partial charge in [-0.1, -0.05) is 6.58 Å². The van der Waals surface area contributed by atoms with Crippen LogP contribution in [0.15, 0.2) is 12.7 Å². The first-order valence-corrected chi connectivity index (χ1v) is 9.48. The molecule has 0 spiro atoms. The van der Waals surface area contributed by atoms with Crippen LogP contribution in [0.25, 0.3) is 0 Å². The van der Waals surface area contributed by atoms with Gasteiger partial charge in [-0.3, -0.25) is 0 Å². The van der Waals surface area contributed by atoms with Crippen molar-refractivity contribution in [3.05, 3.63) is 12.7 Å². The molecule has 4 nitrogen and oxygen atoms in total. The summed E-state index contributed by atoms with van der Waals surface area (Å²) in [4.78, 5) is 23.8. The summed E-state index contributed by atoms with van der Waals surface area (Å²) < 4.78 is 102. The van der Waals surface area contributed by atoms with Crippen molar-refractivity contribution in [1.82, 2.24) is 0 Å². The van der Waals surface area contributed by atoms with Crippen LogP contribution in [0.1, 0.15) is 51.4 Å². The first-order chi connectivity index (χ1) is 13.6. The van der Waals surface area contributed by atoms with E-state index in [1.807, 2.05) is 0 Å². The zero-order chi connectivity index (χ0) is 22.6. The summed E-state index contributed by atoms with van der Waals surface area (Å²) in [6.45, 7) is 3.31. The zero-order valence-electron chi connectivity index (χ0n) is 15.9. The molecular formula is C19H21F7O4. The second-order valence-corrected chi connectivity index (χ2v) is 8.87. The van der Waals surface area contributed by atoms with Crippen molar-refractivity contribution in [2.24, 2.45) is 11.8 Å². The predicted molar refractivity (Wildman–Crippen MR) is 87.7 cm³/mol. The minimum atomic E-state index is -5.37. The molecule has 4 rings (SSSR count). The molecule has 0 saturated heterocycles. The van der Waals surface area contributed by atoms with Gasteiger partial charge in [-0.25, -0.2) is 18.4 Å². The minimum Gasteiger partial charge on any atom is -0.456 e. The molecule has 30 heavy (non-hydrogen) atoms. The average molecular weight is 446 g/mol. The minimum absolute atomic E-state index is 0.0622. The van der Waals surface area contributed by atoms with E-state index in [2.05, 4.69) is 6.58 Å². The molecule has 170 valence electrons. The first-order valence-electron chi connectivity index (χ1n) is 9.48. The van der Waals surface area contributed by atoms with Crippen LogP contribution in [0.4, 0.5) is 30.7 Å². The second kappa shape index (κ2) is 7.12. The summed E-state index contributed by atoms with van der Waals surface area (Å²) in [6, 6.07) is 0. The van der Waals surface area contributed by atoms with Gasteiger partial charge in [0, 0.05) is 12.5 Å². The van der Waals surface area contributed by atoms with Crippen molar-refractivity contribution in [1.29, 1.82) is 0 Å². The normalized spacial score (nSPS) is 33.3. The van der Waals surface area contributed by atoms with Gasteiger partial charge >= 0.3 is 24.0 Å². The van der Waals surface area contributed by atoms with Gasteiger partial charge in [-0.2, -0.15) is 22.0 Å². The van der Waals surface area contributed by atoms with E-state index in [0.717, 1.165) is 12.5 Å². The average Bonchev–Trinajstić information content (AvgIpc) is 2.48. The molecule has 4 aliphatic rings. The smallest absolute Gasteiger partial charge is 0.394 e. The summed E-state index contributed by atoms with van der Waals surface area (Å²) in [7, 11) is 0. The number of carbonyl (C=O) groups excluding carboxylic acids is 2. The number of carbonyl (C=O) groups is 2. The summed E-state index contributed by atoms with van der Waals surface area (Å²) >= 11 is 0. The summed E-state index contributed by atoms with van der Waals surface area (Å²) in [5, 5.41) is 0. The van der Waals surface area contributed by atoms with Crippen LogP contribution in [0.3, 0.4) is 0 Å². The fraction of sp³-hybridized carbons (Fsp3) is 0.789. The maximum atomic E-state index is 14.1. The highest BCUT2D eigenvalue weighted by molar-refractivity contribution is 5.81. The van der Waals surface area contributed by atoms with Crippen molar-refractivity contribution in [2.45, 2.75) is 80.6 Å². The van der Waals surface area contributed by atoms with Crippen LogP contribution in [-0.4, -0.2) is 41.2 Å². The van der Waals surface area contributed by atoms with E-state index in [9.17, 15) is 40.3 Å². The molecule has 4 bridgehead atoms. The van der Waals surface area contributed by atoms with Crippen LogP contribution in [0, 0.1) is 11.8 Å². The van der Waals surface area contributed by atoms with E-state index in [1.54, 1.807) is 0 Å². The number of esters is 2. The molecule has 0 amide bonds. The number of rotatable bonds is 7. The molecule has 0 aromatic heterocycles. The van der Waals surface area contributed by atoms with Gasteiger partial charge in [0.15, 0.2) is 0 Å². The highest BCUT2D eigenvalue weighted by Crippen LogP contribution is 2.60. The van der Waals surface area contributed by atoms with Crippen LogP contribution in [-0.2, 0) is 19.1 Å². The van der Waals surface area contributed by atoms with E-state index >= 15 is 0 Å². The number of alkyl halides is 7. The molecule has 4 saturated carbocycles. The van der Waals surface area contributed by atoms with Crippen molar-refractivity contribution in [3.8, 4) is 0 Å². The van der Waals surface area contributed by atoms with Crippen LogP contribution >= 0.6 is 0 Å². The lowest BCUT2D eigenvalue weighted by Gasteiger charge is -2.60. The van der Waals surface area contributed by atoms with Gasteiger partial charge in [-0.15, -0.1) is 0 Å². The zero-order valence-corrected chi connectivity index (χ0v) is 15.9. The Balaban J connectivity index is 1.74. The molecule has 4 fully saturated rings. The van der Waals surface area contributed by atoms with Gasteiger partial charge < -0.3 is 9.47 Å². The molecule has 0 N–H and O–H groups in total. The summed E-state index contributed by atoms with van der Waals surface area (Å²) in [5.41, 5.74) is -2.45. The predicted octanol–water partition coefficient (Wildman–Crippen LogP) is 4.96. The van der Waals surface area contributed by atoms with E-state index < -0.39 is 54.0 Å². The maximum Gasteiger partial charge on any atom is 0.394 e. The van der Waals surface area contributed by atoms with Crippen molar-refractivity contribution < 1.29 is 49.8 Å². The fourth-order valence-corrected chi connectivity index (χ4v) is 5.61. The highest BCUT2D eigenvalue weighted by atomic mass is 19.4. The third-order valence-electron chi connectivity index (χ3n) is 5.99. The first kappa shape index (κ1) is 22.9. The third kappa shape index (κ3) is 4.91. The molecule has 0 radical (unpaired) electrons. The number of hydrogen-bond acceptors (Lipinski definition) is 4. The Kier molecular flexibility index (Phi) is 5.42. The summed E-state index contributed by atoms with van der Waals surface area (Å²) in [5.74, 6) is -12.8. The number of halogens is 7. The lowest BCUT2D eigenvalue weighted by atomic mass is 9.52. The topological polar surface area (TPSA) is 52.6 Å². The van der Waals surface area contributed by atoms with E-state index in [1.165, 1.54) is 0 Å². The van der Waals surface area contributed by atoms with Crippen LogP contribution in [0.2, 0.25) is 0 Å². The lowest BCUT2D eigenvalue weighted by Crippen LogP contribution is -2.62. The SMILES string of the molecule is C=CC(=O)OC12CC3CC(C1)CC(OC(=O)C(F)(F)CC(F)(F)CC(F)(F)F)(C3)C2. The van der Waals surface area contributed by atoms with E-state index in [4.69, 9.17) is 9.47 Å². The highest BCUT2D eigenvalue weighted by Gasteiger charge is 2.63. The van der Waals surface area contributed by atoms with E-state index in [0.29, 0.717) is 12.8 Å². The van der Waals surface area contributed by atoms with Gasteiger partial charge in [0.25, 0.3) is 5.92 Å². The maximum absolute atomic E-state index is 14.1. The molecule has 4 aliphatic carbocycles. The van der Waals surface area contributed by atoms with Crippen molar-refractivity contribution >= 4 is 11.9 Å². The third-order valence-corrected chi connectivity index (χ3v) is 5.99. The molecule has 2 atom stereocenters. The Morgan fingerprint density at radius 3 is 1.87 bits per heavy atom. The van der Waals surface area contributed by atoms with E-state index in [-0.39, 0.29) is 31.1 Å². The Labute approximate surface area is 167 Å². The molecule has 0 aliphatic heterocycles. The molecule has 11 heteroatoms. The quantitative estimate of drug-likeness (QED) is 0.315. The van der Waals surface area contributed by atoms with Crippen LogP contribution in [0.5, 0.6) is 0 Å². The van der Waals surface area contributed by atoms with Crippen molar-refractivity contribution in [3.63, 3.8) is 0 Å². The van der Waals surface area contributed by atoms with Gasteiger partial charge in [0.05, 0.1) is 6.42 Å². The molecule has 0 heterocycles. The Hall–Kier alpha value is -1.81. The Morgan fingerprint density at radius 1 is 0.900 bits per heavy atom. The van der Waals surface area contributed by atoms with Gasteiger partial charge in [0.1, 0.15) is 17.6 Å². The summed E-state index contributed by atoms with van der Waals surface area (Å²) in [6.07, 6.45) is -7.78. The number of ether oxygens (including phenoxy) is 2. The number of hydrogen-bond donors (Lipinski definition) is 0. The van der Waals surface area contributed by atoms with Crippen molar-refractivity contribution in [2.75, 3.05) is 0 Å². The van der Waals surface area contributed by atoms with Gasteiger partial charge in [-0.05, 0) is 43.9 Å². The molecular weight excluding hydrogens is 425 g/mol. The monoisotopic (exact) mass is 446 g/mol. The molecule has 2 unspecified atom stereocenters. The van der Waals surface area contributed by atoms with Gasteiger partial charge in [0.2, 0.25) is 0 Å². The largest absolute Gasteiger partial charge is 0.456 e. The fourth-order valence-electron chi connectivity index (χ4n) is 5.61. The molecule has 0 aromatic rings. The Morgan fingerprint density at radius 2 is 1.40 bits per heavy atom. The second-order valence-electron chi connectivity index (χ2n) is 8.87.